The Hall–Kier alpha value is -2.28. The third-order valence-electron chi connectivity index (χ3n) is 5.23. The van der Waals surface area contributed by atoms with Gasteiger partial charge in [-0.25, -0.2) is 4.79 Å². The maximum atomic E-state index is 12.3. The van der Waals surface area contributed by atoms with E-state index in [4.69, 9.17) is 4.74 Å². The van der Waals surface area contributed by atoms with Crippen LogP contribution in [-0.4, -0.2) is 62.2 Å². The van der Waals surface area contributed by atoms with Crippen molar-refractivity contribution in [1.29, 1.82) is 0 Å². The van der Waals surface area contributed by atoms with E-state index >= 15 is 0 Å². The summed E-state index contributed by atoms with van der Waals surface area (Å²) in [6.07, 6.45) is 2.63. The highest BCUT2D eigenvalue weighted by atomic mass is 16.5. The molecule has 2 heterocycles. The summed E-state index contributed by atoms with van der Waals surface area (Å²) < 4.78 is 5.22. The lowest BCUT2D eigenvalue weighted by atomic mass is 10.2. The molecule has 0 aromatic heterocycles. The van der Waals surface area contributed by atoms with E-state index in [1.165, 1.54) is 6.42 Å². The Morgan fingerprint density at radius 3 is 3.00 bits per heavy atom. The van der Waals surface area contributed by atoms with E-state index in [0.717, 1.165) is 25.2 Å². The van der Waals surface area contributed by atoms with Crippen LogP contribution in [0.15, 0.2) is 24.3 Å². The monoisotopic (exact) mass is 360 g/mol. The molecule has 2 atom stereocenters. The molecule has 0 aliphatic carbocycles. The fourth-order valence-electron chi connectivity index (χ4n) is 3.82. The summed E-state index contributed by atoms with van der Waals surface area (Å²) in [5.41, 5.74) is 0.795. The average molecular weight is 360 g/mol. The lowest BCUT2D eigenvalue weighted by Crippen LogP contribution is -2.47. The minimum atomic E-state index is -0.196. The Labute approximate surface area is 154 Å². The Morgan fingerprint density at radius 2 is 2.23 bits per heavy atom. The van der Waals surface area contributed by atoms with Gasteiger partial charge in [-0.3, -0.25) is 9.69 Å². The third-order valence-corrected chi connectivity index (χ3v) is 5.23. The Kier molecular flexibility index (Phi) is 5.98. The van der Waals surface area contributed by atoms with E-state index in [0.29, 0.717) is 31.3 Å². The van der Waals surface area contributed by atoms with Crippen LogP contribution in [0, 0.1) is 0 Å². The van der Waals surface area contributed by atoms with Gasteiger partial charge < -0.3 is 20.3 Å². The van der Waals surface area contributed by atoms with Crippen LogP contribution >= 0.6 is 0 Å². The number of carbonyl (C=O) groups is 2. The molecule has 26 heavy (non-hydrogen) atoms. The molecule has 0 spiro atoms. The second kappa shape index (κ2) is 8.40. The topological polar surface area (TPSA) is 73.9 Å². The largest absolute Gasteiger partial charge is 0.497 e. The summed E-state index contributed by atoms with van der Waals surface area (Å²) in [5, 5.41) is 5.89. The molecular formula is C19H28N4O3. The van der Waals surface area contributed by atoms with E-state index in [2.05, 4.69) is 22.5 Å². The van der Waals surface area contributed by atoms with E-state index in [1.807, 2.05) is 24.3 Å². The zero-order valence-corrected chi connectivity index (χ0v) is 15.5. The van der Waals surface area contributed by atoms with Crippen molar-refractivity contribution in [2.24, 2.45) is 0 Å². The van der Waals surface area contributed by atoms with Crippen LogP contribution < -0.4 is 20.3 Å². The fourth-order valence-corrected chi connectivity index (χ4v) is 3.82. The molecular weight excluding hydrogens is 332 g/mol. The number of benzene rings is 1. The Balaban J connectivity index is 1.50. The molecule has 1 aromatic carbocycles. The van der Waals surface area contributed by atoms with Crippen LogP contribution in [0.25, 0.3) is 0 Å². The van der Waals surface area contributed by atoms with Gasteiger partial charge in [-0.05, 0) is 38.1 Å². The lowest BCUT2D eigenvalue weighted by molar-refractivity contribution is -0.117. The van der Waals surface area contributed by atoms with Crippen LogP contribution in [0.4, 0.5) is 10.5 Å². The van der Waals surface area contributed by atoms with Crippen molar-refractivity contribution in [2.75, 3.05) is 38.2 Å². The van der Waals surface area contributed by atoms with E-state index in [-0.39, 0.29) is 18.0 Å². The number of methoxy groups -OCH3 is 1. The molecule has 3 rings (SSSR count). The molecule has 0 unspecified atom stereocenters. The van der Waals surface area contributed by atoms with Crippen LogP contribution in [0.2, 0.25) is 0 Å². The number of likely N-dealkylation sites (N-methyl/N-ethyl adjacent to an activating group) is 1. The summed E-state index contributed by atoms with van der Waals surface area (Å²) in [6, 6.07) is 7.45. The molecule has 0 saturated carbocycles. The molecule has 2 aliphatic heterocycles. The van der Waals surface area contributed by atoms with Crippen molar-refractivity contribution < 1.29 is 14.3 Å². The van der Waals surface area contributed by atoms with Crippen LogP contribution in [0.5, 0.6) is 5.75 Å². The molecule has 2 N–H and O–H groups in total. The number of hydrogen-bond acceptors (Lipinski definition) is 4. The van der Waals surface area contributed by atoms with Crippen molar-refractivity contribution >= 4 is 17.6 Å². The summed E-state index contributed by atoms with van der Waals surface area (Å²) in [5.74, 6) is 0.720. The molecule has 0 bridgehead atoms. The highest BCUT2D eigenvalue weighted by Gasteiger charge is 2.32. The second-order valence-corrected chi connectivity index (χ2v) is 6.89. The molecule has 7 nitrogen and oxygen atoms in total. The van der Waals surface area contributed by atoms with Gasteiger partial charge in [0.25, 0.3) is 0 Å². The number of ether oxygens (including phenoxy) is 1. The Morgan fingerprint density at radius 1 is 1.38 bits per heavy atom. The van der Waals surface area contributed by atoms with E-state index in [1.54, 1.807) is 12.0 Å². The highest BCUT2D eigenvalue weighted by Crippen LogP contribution is 2.25. The van der Waals surface area contributed by atoms with Gasteiger partial charge >= 0.3 is 6.03 Å². The zero-order valence-electron chi connectivity index (χ0n) is 15.5. The van der Waals surface area contributed by atoms with Crippen LogP contribution in [-0.2, 0) is 4.79 Å². The van der Waals surface area contributed by atoms with Crippen LogP contribution in [0.3, 0.4) is 0 Å². The first kappa shape index (κ1) is 18.5. The minimum absolute atomic E-state index is 0.0107. The number of carbonyl (C=O) groups excluding carboxylic acids is 2. The van der Waals surface area contributed by atoms with Gasteiger partial charge in [0.15, 0.2) is 0 Å². The Bertz CT molecular complexity index is 651. The van der Waals surface area contributed by atoms with Gasteiger partial charge in [-0.1, -0.05) is 13.0 Å². The molecule has 2 fully saturated rings. The molecule has 0 radical (unpaired) electrons. The minimum Gasteiger partial charge on any atom is -0.497 e. The summed E-state index contributed by atoms with van der Waals surface area (Å²) >= 11 is 0. The number of nitrogens with one attached hydrogen (secondary N) is 2. The SMILES string of the molecule is CCN1CCC[C@H]1CNC(=O)N[C@@H]1CC(=O)N(c2cccc(OC)c2)C1. The van der Waals surface area contributed by atoms with Crippen molar-refractivity contribution in [1.82, 2.24) is 15.5 Å². The number of likely N-dealkylation sites (tertiary alicyclic amines) is 1. The smallest absolute Gasteiger partial charge is 0.315 e. The maximum absolute atomic E-state index is 12.3. The number of rotatable bonds is 6. The lowest BCUT2D eigenvalue weighted by Gasteiger charge is -2.23. The van der Waals surface area contributed by atoms with Crippen LogP contribution in [0.1, 0.15) is 26.2 Å². The zero-order chi connectivity index (χ0) is 18.5. The van der Waals surface area contributed by atoms with Crippen molar-refractivity contribution in [3.05, 3.63) is 24.3 Å². The average Bonchev–Trinajstić information content (AvgIpc) is 3.25. The molecule has 3 amide bonds. The molecule has 7 heteroatoms. The van der Waals surface area contributed by atoms with Gasteiger partial charge in [-0.2, -0.15) is 0 Å². The summed E-state index contributed by atoms with van der Waals surface area (Å²) in [7, 11) is 1.60. The first-order valence-corrected chi connectivity index (χ1v) is 9.33. The number of hydrogen-bond donors (Lipinski definition) is 2. The predicted octanol–water partition coefficient (Wildman–Crippen LogP) is 1.58. The first-order chi connectivity index (χ1) is 12.6. The fraction of sp³-hybridized carbons (Fsp3) is 0.579. The second-order valence-electron chi connectivity index (χ2n) is 6.89. The quantitative estimate of drug-likeness (QED) is 0.808. The van der Waals surface area contributed by atoms with E-state index in [9.17, 15) is 9.59 Å². The summed E-state index contributed by atoms with van der Waals surface area (Å²) in [4.78, 5) is 28.6. The first-order valence-electron chi connectivity index (χ1n) is 9.33. The van der Waals surface area contributed by atoms with Gasteiger partial charge in [0.2, 0.25) is 5.91 Å². The molecule has 142 valence electrons. The van der Waals surface area contributed by atoms with Gasteiger partial charge in [0.1, 0.15) is 5.75 Å². The van der Waals surface area contributed by atoms with Crippen molar-refractivity contribution in [3.8, 4) is 5.75 Å². The molecule has 2 saturated heterocycles. The van der Waals surface area contributed by atoms with Crippen molar-refractivity contribution in [3.63, 3.8) is 0 Å². The van der Waals surface area contributed by atoms with E-state index < -0.39 is 0 Å². The number of anilines is 1. The third kappa shape index (κ3) is 4.27. The molecule has 1 aromatic rings. The predicted molar refractivity (Wildman–Crippen MR) is 101 cm³/mol. The number of nitrogens with zero attached hydrogens (tertiary/aromatic N) is 2. The highest BCUT2D eigenvalue weighted by molar-refractivity contribution is 5.97. The number of urea groups is 1. The normalized spacial score (nSPS) is 23.3. The summed E-state index contributed by atoms with van der Waals surface area (Å²) in [6.45, 7) is 5.40. The van der Waals surface area contributed by atoms with Crippen molar-refractivity contribution in [2.45, 2.75) is 38.3 Å². The van der Waals surface area contributed by atoms with Gasteiger partial charge in [-0.15, -0.1) is 0 Å². The van der Waals surface area contributed by atoms with Gasteiger partial charge in [0.05, 0.1) is 13.2 Å². The standard InChI is InChI=1S/C19H28N4O3/c1-3-22-9-5-7-16(22)12-20-19(25)21-14-10-18(24)23(13-14)15-6-4-8-17(11-15)26-2/h4,6,8,11,14,16H,3,5,7,9-10,12-13H2,1-2H3,(H2,20,21,25)/t14-,16+/m1/s1. The van der Waals surface area contributed by atoms with Gasteiger partial charge in [0, 0.05) is 37.3 Å². The maximum Gasteiger partial charge on any atom is 0.315 e. The number of amides is 3. The molecule has 2 aliphatic rings.